The molecule has 1 atom stereocenters. The van der Waals surface area contributed by atoms with Gasteiger partial charge in [0, 0.05) is 12.6 Å². The molecule has 0 aromatic rings. The van der Waals surface area contributed by atoms with E-state index >= 15 is 0 Å². The summed E-state index contributed by atoms with van der Waals surface area (Å²) in [6.07, 6.45) is 2.48. The van der Waals surface area contributed by atoms with Gasteiger partial charge in [0.2, 0.25) is 0 Å². The number of fused-ring (bicyclic) bond motifs is 1. The van der Waals surface area contributed by atoms with Crippen molar-refractivity contribution < 1.29 is 0 Å². The molecule has 0 amide bonds. The predicted molar refractivity (Wildman–Crippen MR) is 38.6 cm³/mol. The Balaban J connectivity index is 2.01. The molecule has 0 saturated carbocycles. The van der Waals surface area contributed by atoms with E-state index in [1.165, 1.54) is 12.8 Å². The fraction of sp³-hybridized carbons (Fsp3) is 1.00. The molecular formula is C6H14N4. The highest BCUT2D eigenvalue weighted by molar-refractivity contribution is 4.79. The van der Waals surface area contributed by atoms with E-state index in [-0.39, 0.29) is 0 Å². The maximum Gasteiger partial charge on any atom is 0.0639 e. The zero-order valence-electron chi connectivity index (χ0n) is 6.08. The highest BCUT2D eigenvalue weighted by atomic mass is 15.8. The smallest absolute Gasteiger partial charge is 0.0639 e. The molecule has 2 aliphatic heterocycles. The lowest BCUT2D eigenvalue weighted by atomic mass is 10.1. The van der Waals surface area contributed by atoms with Crippen LogP contribution in [0.4, 0.5) is 0 Å². The molecule has 4 nitrogen and oxygen atoms in total. The summed E-state index contributed by atoms with van der Waals surface area (Å²) in [6, 6.07) is 0.714. The molecule has 0 aromatic heterocycles. The Labute approximate surface area is 60.9 Å². The summed E-state index contributed by atoms with van der Waals surface area (Å²) < 4.78 is 0. The first-order valence-electron chi connectivity index (χ1n) is 3.87. The van der Waals surface area contributed by atoms with Crippen molar-refractivity contribution in [3.05, 3.63) is 0 Å². The van der Waals surface area contributed by atoms with Crippen LogP contribution in [0, 0.1) is 0 Å². The minimum atomic E-state index is 0.714. The quantitative estimate of drug-likeness (QED) is 0.430. The molecular weight excluding hydrogens is 128 g/mol. The highest BCUT2D eigenvalue weighted by Gasteiger charge is 2.31. The van der Waals surface area contributed by atoms with Gasteiger partial charge in [-0.05, 0) is 19.4 Å². The minimum Gasteiger partial charge on any atom is -0.303 e. The molecule has 58 valence electrons. The van der Waals surface area contributed by atoms with Gasteiger partial charge in [-0.3, -0.25) is 5.84 Å². The lowest BCUT2D eigenvalue weighted by molar-refractivity contribution is -0.0279. The second kappa shape index (κ2) is 2.47. The second-order valence-corrected chi connectivity index (χ2v) is 2.99. The van der Waals surface area contributed by atoms with Crippen LogP contribution >= 0.6 is 0 Å². The van der Waals surface area contributed by atoms with Crippen LogP contribution < -0.4 is 11.2 Å². The zero-order chi connectivity index (χ0) is 6.97. The molecule has 10 heavy (non-hydrogen) atoms. The van der Waals surface area contributed by atoms with Crippen molar-refractivity contribution in [2.45, 2.75) is 18.9 Å². The molecule has 2 rings (SSSR count). The van der Waals surface area contributed by atoms with Crippen molar-refractivity contribution in [2.75, 3.05) is 19.8 Å². The molecule has 1 unspecified atom stereocenters. The summed E-state index contributed by atoms with van der Waals surface area (Å²) in [4.78, 5) is 0. The first-order valence-corrected chi connectivity index (χ1v) is 3.87. The minimum absolute atomic E-state index is 0.714. The number of hydrogen-bond donors (Lipinski definition) is 2. The molecule has 0 aromatic carbocycles. The number of nitrogens with one attached hydrogen (secondary N) is 1. The molecule has 2 heterocycles. The number of hydrogen-bond acceptors (Lipinski definition) is 4. The third-order valence-corrected chi connectivity index (χ3v) is 2.37. The molecule has 4 heteroatoms. The lowest BCUT2D eigenvalue weighted by Crippen LogP contribution is -2.53. The largest absolute Gasteiger partial charge is 0.303 e. The first-order chi connectivity index (χ1) is 4.88. The van der Waals surface area contributed by atoms with E-state index in [2.05, 4.69) is 10.3 Å². The Kier molecular flexibility index (Phi) is 1.61. The molecule has 0 spiro atoms. The maximum absolute atomic E-state index is 5.71. The van der Waals surface area contributed by atoms with Crippen LogP contribution in [0.25, 0.3) is 0 Å². The van der Waals surface area contributed by atoms with Gasteiger partial charge >= 0.3 is 0 Å². The summed E-state index contributed by atoms with van der Waals surface area (Å²) in [7, 11) is 0. The number of nitrogens with zero attached hydrogens (tertiary/aromatic N) is 2. The van der Waals surface area contributed by atoms with Crippen LogP contribution in [0.5, 0.6) is 0 Å². The lowest BCUT2D eigenvalue weighted by Gasteiger charge is -2.33. The van der Waals surface area contributed by atoms with Gasteiger partial charge in [-0.25, -0.2) is 5.01 Å². The molecule has 0 aliphatic carbocycles. The van der Waals surface area contributed by atoms with Crippen molar-refractivity contribution >= 4 is 0 Å². The SMILES string of the molecule is NN1CCC2CCNCN21. The average molecular weight is 142 g/mol. The third kappa shape index (κ3) is 0.932. The Bertz CT molecular complexity index is 125. The van der Waals surface area contributed by atoms with E-state index < -0.39 is 0 Å². The van der Waals surface area contributed by atoms with Gasteiger partial charge in [-0.1, -0.05) is 0 Å². The van der Waals surface area contributed by atoms with Gasteiger partial charge in [0.05, 0.1) is 6.67 Å². The molecule has 2 saturated heterocycles. The number of nitrogens with two attached hydrogens (primary N) is 1. The molecule has 2 fully saturated rings. The monoisotopic (exact) mass is 142 g/mol. The van der Waals surface area contributed by atoms with Crippen molar-refractivity contribution in [1.82, 2.24) is 15.4 Å². The van der Waals surface area contributed by atoms with Crippen LogP contribution in [-0.2, 0) is 0 Å². The van der Waals surface area contributed by atoms with Crippen molar-refractivity contribution in [1.29, 1.82) is 0 Å². The molecule has 0 radical (unpaired) electrons. The van der Waals surface area contributed by atoms with Crippen LogP contribution in [0.2, 0.25) is 0 Å². The molecule has 3 N–H and O–H groups in total. The number of hydrazine groups is 2. The Morgan fingerprint density at radius 1 is 1.40 bits per heavy atom. The Morgan fingerprint density at radius 2 is 2.30 bits per heavy atom. The average Bonchev–Trinajstić information content (AvgIpc) is 2.34. The summed E-state index contributed by atoms with van der Waals surface area (Å²) >= 11 is 0. The van der Waals surface area contributed by atoms with Crippen LogP contribution in [0.15, 0.2) is 0 Å². The van der Waals surface area contributed by atoms with Gasteiger partial charge in [-0.2, -0.15) is 5.12 Å². The fourth-order valence-corrected chi connectivity index (χ4v) is 1.74. The summed E-state index contributed by atoms with van der Waals surface area (Å²) in [5.41, 5.74) is 0. The van der Waals surface area contributed by atoms with Gasteiger partial charge in [0.15, 0.2) is 0 Å². The van der Waals surface area contributed by atoms with Crippen LogP contribution in [-0.4, -0.2) is 35.9 Å². The molecule has 2 aliphatic rings. The van der Waals surface area contributed by atoms with Crippen molar-refractivity contribution in [2.24, 2.45) is 5.84 Å². The van der Waals surface area contributed by atoms with E-state index in [0.717, 1.165) is 19.8 Å². The Morgan fingerprint density at radius 3 is 3.10 bits per heavy atom. The standard InChI is InChI=1S/C6H14N4/c7-10-4-2-6-1-3-8-5-9(6)10/h6,8H,1-5,7H2. The summed E-state index contributed by atoms with van der Waals surface area (Å²) in [5.74, 6) is 5.71. The van der Waals surface area contributed by atoms with Gasteiger partial charge in [0.25, 0.3) is 0 Å². The first kappa shape index (κ1) is 6.54. The third-order valence-electron chi connectivity index (χ3n) is 2.37. The maximum atomic E-state index is 5.71. The number of rotatable bonds is 0. The predicted octanol–water partition coefficient (Wildman–Crippen LogP) is -0.898. The fourth-order valence-electron chi connectivity index (χ4n) is 1.74. The van der Waals surface area contributed by atoms with E-state index in [9.17, 15) is 0 Å². The van der Waals surface area contributed by atoms with Crippen LogP contribution in [0.3, 0.4) is 0 Å². The van der Waals surface area contributed by atoms with E-state index in [1.807, 2.05) is 5.12 Å². The highest BCUT2D eigenvalue weighted by Crippen LogP contribution is 2.18. The van der Waals surface area contributed by atoms with E-state index in [0.29, 0.717) is 6.04 Å². The normalized spacial score (nSPS) is 36.3. The van der Waals surface area contributed by atoms with Crippen LogP contribution in [0.1, 0.15) is 12.8 Å². The van der Waals surface area contributed by atoms with Gasteiger partial charge in [-0.15, -0.1) is 0 Å². The molecule has 0 bridgehead atoms. The Hall–Kier alpha value is -0.160. The van der Waals surface area contributed by atoms with Crippen molar-refractivity contribution in [3.63, 3.8) is 0 Å². The van der Waals surface area contributed by atoms with Gasteiger partial charge < -0.3 is 5.32 Å². The van der Waals surface area contributed by atoms with Crippen molar-refractivity contribution in [3.8, 4) is 0 Å². The van der Waals surface area contributed by atoms with E-state index in [4.69, 9.17) is 5.84 Å². The zero-order valence-corrected chi connectivity index (χ0v) is 6.08. The van der Waals surface area contributed by atoms with E-state index in [1.54, 1.807) is 0 Å². The second-order valence-electron chi connectivity index (χ2n) is 2.99. The summed E-state index contributed by atoms with van der Waals surface area (Å²) in [5, 5.41) is 7.33. The summed E-state index contributed by atoms with van der Waals surface area (Å²) in [6.45, 7) is 3.10. The van der Waals surface area contributed by atoms with Gasteiger partial charge in [0.1, 0.15) is 0 Å². The topological polar surface area (TPSA) is 44.5 Å².